The first-order valence-electron chi connectivity index (χ1n) is 16.3. The summed E-state index contributed by atoms with van der Waals surface area (Å²) in [5, 5.41) is 7.03. The second-order valence-electron chi connectivity index (χ2n) is 12.5. The molecule has 1 amide bonds. The van der Waals surface area contributed by atoms with E-state index in [1.165, 1.54) is 53.4 Å². The van der Waals surface area contributed by atoms with Crippen molar-refractivity contribution in [1.29, 1.82) is 0 Å². The van der Waals surface area contributed by atoms with Gasteiger partial charge in [-0.1, -0.05) is 37.6 Å². The molecule has 0 N–H and O–H groups in total. The second-order valence-corrected chi connectivity index (χ2v) is 12.5. The molecule has 4 heterocycles. The zero-order chi connectivity index (χ0) is 31.3. The molecular formula is C36H43N5O4. The van der Waals surface area contributed by atoms with Gasteiger partial charge in [0.05, 0.1) is 23.1 Å². The largest absolute Gasteiger partial charge is 0.488 e. The molecule has 6 rings (SSSR count). The number of rotatable bonds is 10. The number of aromatic nitrogens is 3. The molecule has 0 spiro atoms. The highest BCUT2D eigenvalue weighted by Crippen LogP contribution is 2.35. The molecule has 9 nitrogen and oxygen atoms in total. The first-order chi connectivity index (χ1) is 22.0. The molecule has 3 aromatic rings. The minimum absolute atomic E-state index is 0.225. The molecule has 0 unspecified atom stereocenters. The van der Waals surface area contributed by atoms with Gasteiger partial charge in [-0.15, -0.1) is 4.91 Å². The molecule has 45 heavy (non-hydrogen) atoms. The van der Waals surface area contributed by atoms with Crippen molar-refractivity contribution in [3.63, 3.8) is 0 Å². The Morgan fingerprint density at radius 3 is 2.78 bits per heavy atom. The normalized spacial score (nSPS) is 17.6. The monoisotopic (exact) mass is 609 g/mol. The van der Waals surface area contributed by atoms with E-state index in [-0.39, 0.29) is 5.56 Å². The third-order valence-electron chi connectivity index (χ3n) is 9.51. The van der Waals surface area contributed by atoms with E-state index >= 15 is 0 Å². The zero-order valence-corrected chi connectivity index (χ0v) is 26.7. The third kappa shape index (κ3) is 6.70. The Morgan fingerprint density at radius 2 is 1.98 bits per heavy atom. The van der Waals surface area contributed by atoms with E-state index in [2.05, 4.69) is 47.2 Å². The fourth-order valence-electron chi connectivity index (χ4n) is 6.96. The van der Waals surface area contributed by atoms with Crippen molar-refractivity contribution in [1.82, 2.24) is 19.7 Å². The van der Waals surface area contributed by atoms with Gasteiger partial charge in [0.15, 0.2) is 5.82 Å². The molecule has 3 aliphatic rings. The summed E-state index contributed by atoms with van der Waals surface area (Å²) in [5.74, 6) is 1.40. The van der Waals surface area contributed by atoms with Gasteiger partial charge in [-0.2, -0.15) is 5.10 Å². The van der Waals surface area contributed by atoms with Gasteiger partial charge in [0.25, 0.3) is 0 Å². The van der Waals surface area contributed by atoms with Crippen molar-refractivity contribution >= 4 is 11.5 Å². The Morgan fingerprint density at radius 1 is 1.13 bits per heavy atom. The standard InChI is InChI=1S/C36H43N5O4/c1-4-7-33-31(36(42)39-43)20-37-41(33)34-11-6-10-32(38-34)30-9-5-8-24(2)35(30)45-23-28-13-12-27-22-40(17-14-29(27)25(28)3)21-26-15-18-44-19-16-26/h6,9-13,20,26H,4-5,7-8,14-19,21-23H2,1-3H3. The van der Waals surface area contributed by atoms with Gasteiger partial charge in [-0.25, -0.2) is 9.67 Å². The average Bonchev–Trinajstić information content (AvgIpc) is 3.49. The Bertz CT molecular complexity index is 1630. The molecule has 1 aromatic carbocycles. The summed E-state index contributed by atoms with van der Waals surface area (Å²) in [5.41, 5.74) is 9.31. The number of nitrogens with zero attached hydrogens (tertiary/aromatic N) is 5. The minimum atomic E-state index is -0.810. The van der Waals surface area contributed by atoms with E-state index in [1.54, 1.807) is 4.68 Å². The van der Waals surface area contributed by atoms with E-state index in [9.17, 15) is 9.70 Å². The molecule has 0 radical (unpaired) electrons. The topological polar surface area (TPSA) is 98.9 Å². The predicted octanol–water partition coefficient (Wildman–Crippen LogP) is 6.89. The number of benzene rings is 1. The van der Waals surface area contributed by atoms with Gasteiger partial charge in [0.2, 0.25) is 0 Å². The quantitative estimate of drug-likeness (QED) is 0.231. The molecule has 0 atom stereocenters. The number of carbonyl (C=O) groups is 1. The molecule has 0 bridgehead atoms. The zero-order valence-electron chi connectivity index (χ0n) is 26.7. The van der Waals surface area contributed by atoms with Crippen LogP contribution in [0.3, 0.4) is 0 Å². The van der Waals surface area contributed by atoms with E-state index in [1.807, 2.05) is 25.1 Å². The molecular weight excluding hydrogens is 566 g/mol. The van der Waals surface area contributed by atoms with Crippen LogP contribution in [-0.4, -0.2) is 51.9 Å². The van der Waals surface area contributed by atoms with E-state index in [4.69, 9.17) is 14.5 Å². The number of allylic oxidation sites excluding steroid dienone is 3. The van der Waals surface area contributed by atoms with Crippen molar-refractivity contribution in [2.75, 3.05) is 26.3 Å². The number of fused-ring (bicyclic) bond motifs is 1. The van der Waals surface area contributed by atoms with Crippen LogP contribution >= 0.6 is 0 Å². The van der Waals surface area contributed by atoms with Crippen molar-refractivity contribution in [3.05, 3.63) is 98.0 Å². The van der Waals surface area contributed by atoms with E-state index < -0.39 is 5.91 Å². The fourth-order valence-corrected chi connectivity index (χ4v) is 6.96. The van der Waals surface area contributed by atoms with Crippen LogP contribution in [0.1, 0.15) is 90.0 Å². The van der Waals surface area contributed by atoms with E-state index in [0.717, 1.165) is 74.9 Å². The number of amides is 1. The number of pyridine rings is 1. The molecule has 9 heteroatoms. The van der Waals surface area contributed by atoms with Crippen LogP contribution in [0.2, 0.25) is 0 Å². The number of hydrogen-bond acceptors (Lipinski definition) is 7. The fraction of sp³-hybridized carbons (Fsp3) is 0.472. The van der Waals surface area contributed by atoms with Gasteiger partial charge < -0.3 is 9.47 Å². The lowest BCUT2D eigenvalue weighted by Gasteiger charge is -2.34. The highest BCUT2D eigenvalue weighted by Gasteiger charge is 2.25. The van der Waals surface area contributed by atoms with Gasteiger partial charge in [0, 0.05) is 43.6 Å². The van der Waals surface area contributed by atoms with Gasteiger partial charge in [-0.3, -0.25) is 9.69 Å². The molecule has 0 saturated carbocycles. The van der Waals surface area contributed by atoms with Crippen LogP contribution in [0.4, 0.5) is 0 Å². The molecule has 1 fully saturated rings. The van der Waals surface area contributed by atoms with Gasteiger partial charge in [-0.05, 0) is 98.2 Å². The Hall–Kier alpha value is -3.95. The average molecular weight is 610 g/mol. The van der Waals surface area contributed by atoms with Crippen LogP contribution in [0, 0.1) is 17.7 Å². The summed E-state index contributed by atoms with van der Waals surface area (Å²) in [4.78, 5) is 30.7. The van der Waals surface area contributed by atoms with Crippen molar-refractivity contribution in [2.24, 2.45) is 11.1 Å². The molecule has 2 aliphatic heterocycles. The highest BCUT2D eigenvalue weighted by molar-refractivity contribution is 5.95. The van der Waals surface area contributed by atoms with Crippen LogP contribution in [-0.2, 0) is 35.5 Å². The summed E-state index contributed by atoms with van der Waals surface area (Å²) in [6, 6.07) is 10.3. The summed E-state index contributed by atoms with van der Waals surface area (Å²) in [6.07, 6.45) is 10.2. The molecule has 2 aromatic heterocycles. The number of carbonyl (C=O) groups excluding carboxylic acids is 1. The van der Waals surface area contributed by atoms with Crippen LogP contribution < -0.4 is 0 Å². The first kappa shape index (κ1) is 31.0. The van der Waals surface area contributed by atoms with E-state index in [0.29, 0.717) is 24.5 Å². The van der Waals surface area contributed by atoms with Crippen molar-refractivity contribution in [3.8, 4) is 5.82 Å². The van der Waals surface area contributed by atoms with Crippen LogP contribution in [0.15, 0.2) is 59.1 Å². The Balaban J connectivity index is 1.19. The maximum absolute atomic E-state index is 12.1. The lowest BCUT2D eigenvalue weighted by atomic mass is 9.90. The highest BCUT2D eigenvalue weighted by atomic mass is 16.5. The summed E-state index contributed by atoms with van der Waals surface area (Å²) < 4.78 is 13.8. The Labute approximate surface area is 265 Å². The number of hydrogen-bond donors (Lipinski definition) is 0. The maximum Gasteiger partial charge on any atom is 0.320 e. The van der Waals surface area contributed by atoms with Crippen LogP contribution in [0.25, 0.3) is 11.4 Å². The van der Waals surface area contributed by atoms with Gasteiger partial charge >= 0.3 is 5.91 Å². The SMILES string of the molecule is CCCc1c(C(=O)N=O)cnn1-c1cccc(C2=CCCC(C)=C2OCc2ccc3c(c2C)CCN(CC2CCOCC2)C3)n1. The lowest BCUT2D eigenvalue weighted by molar-refractivity contribution is 0.0506. The van der Waals surface area contributed by atoms with Crippen molar-refractivity contribution in [2.45, 2.75) is 78.9 Å². The maximum atomic E-state index is 12.1. The first-order valence-corrected chi connectivity index (χ1v) is 16.3. The molecule has 236 valence electrons. The van der Waals surface area contributed by atoms with Gasteiger partial charge in [0.1, 0.15) is 12.4 Å². The summed E-state index contributed by atoms with van der Waals surface area (Å²) in [7, 11) is 0. The summed E-state index contributed by atoms with van der Waals surface area (Å²) >= 11 is 0. The predicted molar refractivity (Wildman–Crippen MR) is 174 cm³/mol. The number of ether oxygens (including phenoxy) is 2. The second kappa shape index (κ2) is 14.0. The van der Waals surface area contributed by atoms with Crippen molar-refractivity contribution < 1.29 is 14.3 Å². The molecule has 1 saturated heterocycles. The smallest absolute Gasteiger partial charge is 0.320 e. The Kier molecular flexibility index (Phi) is 9.66. The number of nitroso groups, excluding NO2 is 1. The third-order valence-corrected chi connectivity index (χ3v) is 9.51. The van der Waals surface area contributed by atoms with Crippen LogP contribution in [0.5, 0.6) is 0 Å². The molecule has 1 aliphatic carbocycles. The minimum Gasteiger partial charge on any atom is -0.488 e. The lowest BCUT2D eigenvalue weighted by Crippen LogP contribution is -2.36. The summed E-state index contributed by atoms with van der Waals surface area (Å²) in [6.45, 7) is 12.0.